The minimum atomic E-state index is -1.23. The van der Waals surface area contributed by atoms with Crippen LogP contribution in [-0.4, -0.2) is 70.5 Å². The van der Waals surface area contributed by atoms with Gasteiger partial charge in [-0.15, -0.1) is 0 Å². The average Bonchev–Trinajstić information content (AvgIpc) is 2.55. The average molecular weight is 442 g/mol. The van der Waals surface area contributed by atoms with Crippen LogP contribution in [0.25, 0.3) is 0 Å². The fraction of sp³-hybridized carbons (Fsp3) is 1.00. The second-order valence-corrected chi connectivity index (χ2v) is 17.5. The van der Waals surface area contributed by atoms with Crippen LogP contribution in [-0.2, 0) is 0 Å². The van der Waals surface area contributed by atoms with Crippen molar-refractivity contribution in [3.05, 3.63) is 0 Å². The van der Waals surface area contributed by atoms with Gasteiger partial charge in [0.05, 0.1) is 0 Å². The van der Waals surface area contributed by atoms with Crippen molar-refractivity contribution in [1.29, 1.82) is 0 Å². The summed E-state index contributed by atoms with van der Waals surface area (Å²) in [7, 11) is 0. The summed E-state index contributed by atoms with van der Waals surface area (Å²) < 4.78 is 4.95. The van der Waals surface area contributed by atoms with Crippen molar-refractivity contribution in [2.24, 2.45) is 0 Å². The van der Waals surface area contributed by atoms with Gasteiger partial charge in [0.2, 0.25) is 0 Å². The summed E-state index contributed by atoms with van der Waals surface area (Å²) in [6, 6.07) is 0. The van der Waals surface area contributed by atoms with E-state index in [0.717, 1.165) is 0 Å². The molecule has 0 rings (SSSR count). The molecule has 144 valence electrons. The Morgan fingerprint density at radius 3 is 1.12 bits per heavy atom. The Kier molecular flexibility index (Phi) is 19.2. The van der Waals surface area contributed by atoms with Crippen molar-refractivity contribution < 1.29 is 0 Å². The van der Waals surface area contributed by atoms with Gasteiger partial charge in [-0.1, -0.05) is 0 Å². The summed E-state index contributed by atoms with van der Waals surface area (Å²) in [5.41, 5.74) is 0. The maximum atomic E-state index is 2.71. The van der Waals surface area contributed by atoms with Gasteiger partial charge in [0, 0.05) is 0 Å². The number of hydrogen-bond donors (Lipinski definition) is 0. The summed E-state index contributed by atoms with van der Waals surface area (Å²) in [4.78, 5) is 5.41. The second-order valence-electron chi connectivity index (χ2n) is 7.62. The molecule has 0 saturated carbocycles. The van der Waals surface area contributed by atoms with Crippen LogP contribution < -0.4 is 0 Å². The van der Waals surface area contributed by atoms with E-state index in [1.807, 2.05) is 0 Å². The summed E-state index contributed by atoms with van der Waals surface area (Å²) in [6.45, 7) is 19.7. The first-order chi connectivity index (χ1) is 11.7. The SMILES string of the molecule is CCCN(CCC)CC[CH2][In]([CH2]CC)[CH2]CCN(CCC)CCC. The third-order valence-corrected chi connectivity index (χ3v) is 16.0. The van der Waals surface area contributed by atoms with Crippen molar-refractivity contribution in [2.75, 3.05) is 39.3 Å². The third-order valence-electron chi connectivity index (χ3n) is 5.03. The van der Waals surface area contributed by atoms with Gasteiger partial charge in [-0.05, 0) is 0 Å². The Labute approximate surface area is 162 Å². The Morgan fingerprint density at radius 1 is 0.458 bits per heavy atom. The molecule has 0 atom stereocenters. The van der Waals surface area contributed by atoms with E-state index in [1.54, 1.807) is 12.5 Å². The molecular formula is C21H47InN2. The van der Waals surface area contributed by atoms with Crippen LogP contribution in [0.5, 0.6) is 0 Å². The van der Waals surface area contributed by atoms with Gasteiger partial charge in [-0.2, -0.15) is 0 Å². The van der Waals surface area contributed by atoms with E-state index in [2.05, 4.69) is 44.4 Å². The second kappa shape index (κ2) is 18.6. The molecule has 0 aromatic carbocycles. The first-order valence-corrected chi connectivity index (χ1v) is 18.1. The number of rotatable bonds is 18. The molecule has 0 unspecified atom stereocenters. The first kappa shape index (κ1) is 24.8. The van der Waals surface area contributed by atoms with E-state index < -0.39 is 21.4 Å². The van der Waals surface area contributed by atoms with Crippen molar-refractivity contribution in [2.45, 2.75) is 92.1 Å². The van der Waals surface area contributed by atoms with Gasteiger partial charge in [0.25, 0.3) is 0 Å². The third kappa shape index (κ3) is 14.0. The molecule has 0 aromatic rings. The standard InChI is InChI=1S/2C9H20N.C3H7.In/c2*1-4-7-10(8-5-2)9-6-3;1-3-2;/h2*1,4-9H2,2-3H3;1,3H2,2H3;. The van der Waals surface area contributed by atoms with Crippen molar-refractivity contribution in [1.82, 2.24) is 9.80 Å². The van der Waals surface area contributed by atoms with Crippen LogP contribution in [0.15, 0.2) is 0 Å². The van der Waals surface area contributed by atoms with Gasteiger partial charge in [0.1, 0.15) is 0 Å². The predicted molar refractivity (Wildman–Crippen MR) is 114 cm³/mol. The molecule has 0 saturated heterocycles. The molecule has 0 N–H and O–H groups in total. The van der Waals surface area contributed by atoms with Crippen LogP contribution in [0.2, 0.25) is 12.5 Å². The van der Waals surface area contributed by atoms with Crippen LogP contribution in [0.4, 0.5) is 0 Å². The quantitative estimate of drug-likeness (QED) is 0.260. The van der Waals surface area contributed by atoms with Gasteiger partial charge in [0.15, 0.2) is 0 Å². The predicted octanol–water partition coefficient (Wildman–Crippen LogP) is 5.92. The molecule has 2 nitrogen and oxygen atoms in total. The molecule has 3 heteroatoms. The van der Waals surface area contributed by atoms with E-state index in [-0.39, 0.29) is 0 Å². The summed E-state index contributed by atoms with van der Waals surface area (Å²) >= 11 is -1.23. The molecule has 0 aliphatic heterocycles. The molecule has 0 aliphatic carbocycles. The summed E-state index contributed by atoms with van der Waals surface area (Å²) in [5, 5.41) is 0. The Balaban J connectivity index is 4.05. The van der Waals surface area contributed by atoms with Gasteiger partial charge in [-0.25, -0.2) is 0 Å². The molecule has 0 aliphatic rings. The fourth-order valence-electron chi connectivity index (χ4n) is 3.98. The van der Waals surface area contributed by atoms with Gasteiger partial charge in [-0.3, -0.25) is 0 Å². The van der Waals surface area contributed by atoms with Crippen LogP contribution in [0, 0.1) is 0 Å². The van der Waals surface area contributed by atoms with Crippen LogP contribution >= 0.6 is 0 Å². The molecule has 24 heavy (non-hydrogen) atoms. The Morgan fingerprint density at radius 2 is 0.833 bits per heavy atom. The van der Waals surface area contributed by atoms with E-state index in [0.29, 0.717) is 0 Å². The summed E-state index contributed by atoms with van der Waals surface area (Å²) in [6.07, 6.45) is 9.68. The molecule has 0 fully saturated rings. The van der Waals surface area contributed by atoms with Crippen molar-refractivity contribution in [3.8, 4) is 0 Å². The van der Waals surface area contributed by atoms with E-state index in [9.17, 15) is 0 Å². The zero-order chi connectivity index (χ0) is 18.0. The van der Waals surface area contributed by atoms with Crippen LogP contribution in [0.3, 0.4) is 0 Å². The molecule has 0 spiro atoms. The van der Waals surface area contributed by atoms with E-state index in [4.69, 9.17) is 0 Å². The monoisotopic (exact) mass is 442 g/mol. The molecule has 0 radical (unpaired) electrons. The Bertz CT molecular complexity index is 214. The van der Waals surface area contributed by atoms with Crippen LogP contribution in [0.1, 0.15) is 79.6 Å². The molecule has 0 bridgehead atoms. The van der Waals surface area contributed by atoms with Crippen molar-refractivity contribution >= 4 is 21.4 Å². The normalized spacial score (nSPS) is 11.6. The number of nitrogens with zero attached hydrogens (tertiary/aromatic N) is 2. The molecule has 0 aromatic heterocycles. The molecule has 0 heterocycles. The zero-order valence-corrected chi connectivity index (χ0v) is 21.1. The fourth-order valence-corrected chi connectivity index (χ4v) is 13.1. The maximum absolute atomic E-state index is 2.71. The van der Waals surface area contributed by atoms with E-state index in [1.165, 1.54) is 84.2 Å². The summed E-state index contributed by atoms with van der Waals surface area (Å²) in [5.74, 6) is 0. The van der Waals surface area contributed by atoms with Crippen molar-refractivity contribution in [3.63, 3.8) is 0 Å². The Hall–Kier alpha value is 0.790. The topological polar surface area (TPSA) is 6.48 Å². The van der Waals surface area contributed by atoms with Gasteiger partial charge < -0.3 is 0 Å². The number of hydrogen-bond acceptors (Lipinski definition) is 2. The first-order valence-electron chi connectivity index (χ1n) is 11.2. The van der Waals surface area contributed by atoms with Gasteiger partial charge >= 0.3 is 163 Å². The molecule has 0 amide bonds. The molecular weight excluding hydrogens is 395 g/mol. The van der Waals surface area contributed by atoms with E-state index >= 15 is 0 Å². The zero-order valence-electron chi connectivity index (χ0n) is 17.8. The minimum absolute atomic E-state index is 1.23.